The number of nitrogens with one attached hydrogen (secondary N) is 2. The topological polar surface area (TPSA) is 67.4 Å². The summed E-state index contributed by atoms with van der Waals surface area (Å²) in [6.07, 6.45) is 4.97. The SMILES string of the molecule is CC(C)(C)NC(=O)CNC(=O)/C=C/C1=Cc2cc(Cl)ccc2OC1. The lowest BCUT2D eigenvalue weighted by atomic mass is 10.1. The van der Waals surface area contributed by atoms with Gasteiger partial charge >= 0.3 is 0 Å². The van der Waals surface area contributed by atoms with Gasteiger partial charge < -0.3 is 15.4 Å². The zero-order valence-electron chi connectivity index (χ0n) is 14.0. The first-order chi connectivity index (χ1) is 11.2. The third-order valence-electron chi connectivity index (χ3n) is 3.09. The van der Waals surface area contributed by atoms with Gasteiger partial charge in [0.1, 0.15) is 12.4 Å². The molecule has 0 aromatic heterocycles. The second-order valence-electron chi connectivity index (χ2n) is 6.54. The van der Waals surface area contributed by atoms with E-state index in [0.717, 1.165) is 16.9 Å². The van der Waals surface area contributed by atoms with E-state index in [0.29, 0.717) is 11.6 Å². The second-order valence-corrected chi connectivity index (χ2v) is 6.98. The van der Waals surface area contributed by atoms with Crippen molar-refractivity contribution >= 4 is 29.5 Å². The lowest BCUT2D eigenvalue weighted by Gasteiger charge is -2.20. The molecule has 2 rings (SSSR count). The van der Waals surface area contributed by atoms with E-state index in [1.807, 2.05) is 32.9 Å². The number of ether oxygens (including phenoxy) is 1. The van der Waals surface area contributed by atoms with Crippen LogP contribution in [0.2, 0.25) is 5.02 Å². The highest BCUT2D eigenvalue weighted by Gasteiger charge is 2.14. The zero-order chi connectivity index (χ0) is 17.7. The van der Waals surface area contributed by atoms with Crippen LogP contribution in [0.1, 0.15) is 26.3 Å². The Kier molecular flexibility index (Phi) is 5.67. The first kappa shape index (κ1) is 18.1. The highest BCUT2D eigenvalue weighted by molar-refractivity contribution is 6.30. The molecule has 0 bridgehead atoms. The van der Waals surface area contributed by atoms with Gasteiger partial charge in [-0.1, -0.05) is 17.7 Å². The number of carbonyl (C=O) groups is 2. The quantitative estimate of drug-likeness (QED) is 0.822. The molecule has 0 spiro atoms. The molecule has 1 aromatic carbocycles. The number of hydrogen-bond acceptors (Lipinski definition) is 3. The van der Waals surface area contributed by atoms with Gasteiger partial charge in [-0.2, -0.15) is 0 Å². The summed E-state index contributed by atoms with van der Waals surface area (Å²) in [6, 6.07) is 5.39. The van der Waals surface area contributed by atoms with Crippen molar-refractivity contribution in [3.05, 3.63) is 46.5 Å². The molecular weight excluding hydrogens is 328 g/mol. The van der Waals surface area contributed by atoms with E-state index in [2.05, 4.69) is 10.6 Å². The molecule has 0 fully saturated rings. The van der Waals surface area contributed by atoms with E-state index >= 15 is 0 Å². The summed E-state index contributed by atoms with van der Waals surface area (Å²) >= 11 is 5.96. The Bertz CT molecular complexity index is 703. The van der Waals surface area contributed by atoms with Gasteiger partial charge in [0.05, 0.1) is 6.54 Å². The largest absolute Gasteiger partial charge is 0.488 e. The summed E-state index contributed by atoms with van der Waals surface area (Å²) in [5.74, 6) is 0.199. The van der Waals surface area contributed by atoms with Gasteiger partial charge in [0.15, 0.2) is 0 Å². The lowest BCUT2D eigenvalue weighted by molar-refractivity contribution is -0.124. The Hall–Kier alpha value is -2.27. The molecule has 5 nitrogen and oxygen atoms in total. The van der Waals surface area contributed by atoms with Crippen LogP contribution in [0.5, 0.6) is 5.75 Å². The molecule has 0 saturated carbocycles. The van der Waals surface area contributed by atoms with Crippen LogP contribution < -0.4 is 15.4 Å². The molecule has 1 aliphatic rings. The van der Waals surface area contributed by atoms with Crippen LogP contribution in [0.3, 0.4) is 0 Å². The van der Waals surface area contributed by atoms with Gasteiger partial charge in [-0.3, -0.25) is 9.59 Å². The molecule has 0 radical (unpaired) electrons. The Labute approximate surface area is 146 Å². The van der Waals surface area contributed by atoms with Gasteiger partial charge in [-0.05, 0) is 50.6 Å². The number of carbonyl (C=O) groups excluding carboxylic acids is 2. The first-order valence-electron chi connectivity index (χ1n) is 7.63. The van der Waals surface area contributed by atoms with Crippen molar-refractivity contribution in [1.82, 2.24) is 10.6 Å². The smallest absolute Gasteiger partial charge is 0.244 e. The Morgan fingerprint density at radius 3 is 2.79 bits per heavy atom. The third kappa shape index (κ3) is 5.74. The van der Waals surface area contributed by atoms with E-state index in [9.17, 15) is 9.59 Å². The number of hydrogen-bond donors (Lipinski definition) is 2. The average molecular weight is 349 g/mol. The molecule has 1 aliphatic heterocycles. The Morgan fingerprint density at radius 2 is 2.08 bits per heavy atom. The Balaban J connectivity index is 1.89. The fourth-order valence-electron chi connectivity index (χ4n) is 2.13. The monoisotopic (exact) mass is 348 g/mol. The molecule has 1 heterocycles. The normalized spacial score (nSPS) is 13.8. The maximum atomic E-state index is 11.8. The van der Waals surface area contributed by atoms with Crippen LogP contribution >= 0.6 is 11.6 Å². The van der Waals surface area contributed by atoms with E-state index in [-0.39, 0.29) is 23.9 Å². The third-order valence-corrected chi connectivity index (χ3v) is 3.33. The molecule has 0 aliphatic carbocycles. The second kappa shape index (κ2) is 7.53. The van der Waals surface area contributed by atoms with Gasteiger partial charge in [0.25, 0.3) is 0 Å². The summed E-state index contributed by atoms with van der Waals surface area (Å²) in [6.45, 7) is 5.96. The summed E-state index contributed by atoms with van der Waals surface area (Å²) in [5.41, 5.74) is 1.40. The average Bonchev–Trinajstić information content (AvgIpc) is 2.48. The maximum absolute atomic E-state index is 11.8. The van der Waals surface area contributed by atoms with Crippen LogP contribution in [0.15, 0.2) is 35.9 Å². The zero-order valence-corrected chi connectivity index (χ0v) is 14.7. The van der Waals surface area contributed by atoms with Gasteiger partial charge in [0, 0.05) is 22.2 Å². The summed E-state index contributed by atoms with van der Waals surface area (Å²) in [5, 5.41) is 5.95. The van der Waals surface area contributed by atoms with E-state index < -0.39 is 0 Å². The number of halogens is 1. The van der Waals surface area contributed by atoms with Crippen molar-refractivity contribution in [3.63, 3.8) is 0 Å². The van der Waals surface area contributed by atoms with Crippen molar-refractivity contribution in [2.75, 3.05) is 13.2 Å². The van der Waals surface area contributed by atoms with E-state index in [4.69, 9.17) is 16.3 Å². The molecular formula is C18H21ClN2O3. The van der Waals surface area contributed by atoms with E-state index in [1.165, 1.54) is 6.08 Å². The van der Waals surface area contributed by atoms with Crippen LogP contribution in [-0.2, 0) is 9.59 Å². The fourth-order valence-corrected chi connectivity index (χ4v) is 2.31. The fraction of sp³-hybridized carbons (Fsp3) is 0.333. The minimum absolute atomic E-state index is 0.0611. The molecule has 6 heteroatoms. The minimum Gasteiger partial charge on any atom is -0.488 e. The predicted octanol–water partition coefficient (Wildman–Crippen LogP) is 2.70. The lowest BCUT2D eigenvalue weighted by Crippen LogP contribution is -2.45. The minimum atomic E-state index is -0.336. The molecule has 2 amide bonds. The molecule has 128 valence electrons. The first-order valence-corrected chi connectivity index (χ1v) is 8.00. The summed E-state index contributed by atoms with van der Waals surface area (Å²) < 4.78 is 5.60. The molecule has 2 N–H and O–H groups in total. The Morgan fingerprint density at radius 1 is 1.33 bits per heavy atom. The van der Waals surface area contributed by atoms with Crippen molar-refractivity contribution < 1.29 is 14.3 Å². The maximum Gasteiger partial charge on any atom is 0.244 e. The van der Waals surface area contributed by atoms with Gasteiger partial charge in [-0.25, -0.2) is 0 Å². The standard InChI is InChI=1S/C18H21ClN2O3/c1-18(2,3)21-17(23)10-20-16(22)7-4-12-8-13-9-14(19)5-6-15(13)24-11-12/h4-9H,10-11H2,1-3H3,(H,20,22)(H,21,23)/b7-4+. The number of benzene rings is 1. The number of rotatable bonds is 4. The van der Waals surface area contributed by atoms with Crippen molar-refractivity contribution in [1.29, 1.82) is 0 Å². The summed E-state index contributed by atoms with van der Waals surface area (Å²) in [7, 11) is 0. The van der Waals surface area contributed by atoms with Crippen LogP contribution in [0.4, 0.5) is 0 Å². The molecule has 1 aromatic rings. The molecule has 0 saturated heterocycles. The van der Waals surface area contributed by atoms with Gasteiger partial charge in [0.2, 0.25) is 11.8 Å². The summed E-state index contributed by atoms with van der Waals surface area (Å²) in [4.78, 5) is 23.4. The highest BCUT2D eigenvalue weighted by Crippen LogP contribution is 2.29. The van der Waals surface area contributed by atoms with Crippen LogP contribution in [0.25, 0.3) is 6.08 Å². The molecule has 0 unspecified atom stereocenters. The van der Waals surface area contributed by atoms with Gasteiger partial charge in [-0.15, -0.1) is 0 Å². The van der Waals surface area contributed by atoms with E-state index in [1.54, 1.807) is 18.2 Å². The van der Waals surface area contributed by atoms with Crippen LogP contribution in [-0.4, -0.2) is 30.5 Å². The van der Waals surface area contributed by atoms with Crippen molar-refractivity contribution in [2.45, 2.75) is 26.3 Å². The van der Waals surface area contributed by atoms with Crippen LogP contribution in [0, 0.1) is 0 Å². The molecule has 0 atom stereocenters. The molecule has 24 heavy (non-hydrogen) atoms. The highest BCUT2D eigenvalue weighted by atomic mass is 35.5. The predicted molar refractivity (Wildman–Crippen MR) is 95.0 cm³/mol. The van der Waals surface area contributed by atoms with Crippen molar-refractivity contribution in [3.8, 4) is 5.75 Å². The number of amides is 2. The van der Waals surface area contributed by atoms with Crippen molar-refractivity contribution in [2.24, 2.45) is 0 Å². The number of fused-ring (bicyclic) bond motifs is 1.